The van der Waals surface area contributed by atoms with Crippen molar-refractivity contribution in [3.8, 4) is 5.75 Å². The van der Waals surface area contributed by atoms with Crippen molar-refractivity contribution < 1.29 is 28.0 Å². The number of rotatable bonds is 4. The Morgan fingerprint density at radius 2 is 1.96 bits per heavy atom. The maximum Gasteiger partial charge on any atom is 0.285 e. The Hall–Kier alpha value is -2.92. The summed E-state index contributed by atoms with van der Waals surface area (Å²) < 4.78 is 37.2. The van der Waals surface area contributed by atoms with Gasteiger partial charge in [-0.25, -0.2) is 4.21 Å². The molecule has 50 heavy (non-hydrogen) atoms. The number of aryl methyl sites for hydroxylation is 1. The highest BCUT2D eigenvalue weighted by Gasteiger charge is 2.45. The number of nitrogens with zero attached hydrogens (tertiary/aromatic N) is 3. The summed E-state index contributed by atoms with van der Waals surface area (Å²) in [6, 6.07) is 11.6. The Bertz CT molecular complexity index is 1790. The highest BCUT2D eigenvalue weighted by Crippen LogP contribution is 2.47. The molecular formula is C39H50ClN3O6S. The average molecular weight is 724 g/mol. The number of halogens is 1. The van der Waals surface area contributed by atoms with Crippen LogP contribution in [0.15, 0.2) is 52.9 Å². The first kappa shape index (κ1) is 35.5. The van der Waals surface area contributed by atoms with Crippen molar-refractivity contribution >= 4 is 38.8 Å². The molecule has 1 saturated heterocycles. The monoisotopic (exact) mass is 723 g/mol. The summed E-state index contributed by atoms with van der Waals surface area (Å²) in [7, 11) is 0.169. The molecule has 0 radical (unpaired) electrons. The molecule has 2 bridgehead atoms. The van der Waals surface area contributed by atoms with Crippen LogP contribution in [0, 0.1) is 17.8 Å². The lowest BCUT2D eigenvalue weighted by Gasteiger charge is -2.46. The second-order valence-corrected chi connectivity index (χ2v) is 18.1. The molecule has 7 rings (SSSR count). The van der Waals surface area contributed by atoms with E-state index in [9.17, 15) is 13.8 Å². The first-order valence-electron chi connectivity index (χ1n) is 18.1. The quantitative estimate of drug-likeness (QED) is 0.342. The van der Waals surface area contributed by atoms with Gasteiger partial charge in [0.05, 0.1) is 40.3 Å². The molecule has 9 nitrogen and oxygen atoms in total. The SMILES string of the molecule is CO[C@H]1/C=C/C[C@H](C)C[S@@](=O)(CC(=O)N2C[C@@H](OC)[C@@H]2C)=NC(=O)c2ccc3c(c2)N(C[C@@H]2CC[C@H]21)C[C@@]1(CCCc2cc(Cl)ccc21)CO3. The number of anilines is 1. The number of hydrogen-bond acceptors (Lipinski definition) is 7. The third-order valence-electron chi connectivity index (χ3n) is 11.9. The molecule has 1 spiro atoms. The number of hydrogen-bond donors (Lipinski definition) is 0. The maximum absolute atomic E-state index is 14.6. The van der Waals surface area contributed by atoms with E-state index in [0.29, 0.717) is 37.0 Å². The molecule has 5 aliphatic rings. The van der Waals surface area contributed by atoms with Crippen LogP contribution in [0.2, 0.25) is 5.02 Å². The molecule has 3 aliphatic heterocycles. The number of amides is 2. The van der Waals surface area contributed by atoms with Crippen LogP contribution in [0.4, 0.5) is 5.69 Å². The smallest absolute Gasteiger partial charge is 0.285 e. The highest BCUT2D eigenvalue weighted by atomic mass is 35.5. The van der Waals surface area contributed by atoms with Crippen molar-refractivity contribution in [2.45, 2.75) is 76.0 Å². The van der Waals surface area contributed by atoms with Crippen LogP contribution < -0.4 is 9.64 Å². The summed E-state index contributed by atoms with van der Waals surface area (Å²) in [6.45, 7) is 6.42. The van der Waals surface area contributed by atoms with Gasteiger partial charge in [-0.05, 0) is 105 Å². The fourth-order valence-electron chi connectivity index (χ4n) is 8.92. The standard InChI is InChI=1S/C39H50ClN3O6S/c1-25-7-5-9-34(47-3)31-13-10-29(31)19-42-23-39(16-6-8-27-17-30(40)12-14-32(27)39)24-49-35-15-11-28(18-33(35)42)38(45)41-50(46,21-25)22-37(44)43-20-36(48-4)26(43)2/h5,9,11-12,14-15,17-18,25-26,29,31,34,36H,6-8,10,13,16,19-24H2,1-4H3/b9-5+/t25-,26-,29-,31+,34-,36+,39-,50+/m0/s1. The van der Waals surface area contributed by atoms with Crippen LogP contribution in [-0.4, -0.2) is 91.1 Å². The number of likely N-dealkylation sites (tertiary alicyclic amines) is 1. The third-order valence-corrected chi connectivity index (χ3v) is 14.5. The van der Waals surface area contributed by atoms with Crippen LogP contribution in [0.25, 0.3) is 0 Å². The van der Waals surface area contributed by atoms with Crippen LogP contribution in [-0.2, 0) is 35.8 Å². The number of methoxy groups -OCH3 is 2. The van der Waals surface area contributed by atoms with Gasteiger partial charge in [0, 0.05) is 55.6 Å². The van der Waals surface area contributed by atoms with Crippen molar-refractivity contribution in [1.29, 1.82) is 0 Å². The first-order chi connectivity index (χ1) is 24.0. The third kappa shape index (κ3) is 6.85. The van der Waals surface area contributed by atoms with Crippen molar-refractivity contribution in [3.05, 3.63) is 70.3 Å². The van der Waals surface area contributed by atoms with Gasteiger partial charge in [-0.15, -0.1) is 0 Å². The van der Waals surface area contributed by atoms with Crippen molar-refractivity contribution in [3.63, 3.8) is 0 Å². The van der Waals surface area contributed by atoms with E-state index in [-0.39, 0.29) is 47.0 Å². The predicted octanol–water partition coefficient (Wildman–Crippen LogP) is 6.30. The first-order valence-corrected chi connectivity index (χ1v) is 20.3. The van der Waals surface area contributed by atoms with E-state index in [4.69, 9.17) is 25.8 Å². The van der Waals surface area contributed by atoms with Gasteiger partial charge < -0.3 is 24.0 Å². The van der Waals surface area contributed by atoms with Gasteiger partial charge in [0.15, 0.2) is 0 Å². The van der Waals surface area contributed by atoms with E-state index < -0.39 is 15.6 Å². The zero-order chi connectivity index (χ0) is 35.2. The minimum atomic E-state index is -3.24. The lowest BCUT2D eigenvalue weighted by atomic mass is 9.68. The summed E-state index contributed by atoms with van der Waals surface area (Å²) in [6.07, 6.45) is 10.0. The molecule has 2 aromatic rings. The molecule has 1 saturated carbocycles. The van der Waals surface area contributed by atoms with Crippen molar-refractivity contribution in [1.82, 2.24) is 4.90 Å². The second-order valence-electron chi connectivity index (χ2n) is 15.3. The molecule has 11 heteroatoms. The molecule has 2 aromatic carbocycles. The number of benzene rings is 2. The number of ether oxygens (including phenoxy) is 3. The molecule has 2 aliphatic carbocycles. The van der Waals surface area contributed by atoms with Crippen LogP contribution in [0.1, 0.15) is 67.4 Å². The fraction of sp³-hybridized carbons (Fsp3) is 0.590. The molecule has 2 fully saturated rings. The van der Waals surface area contributed by atoms with E-state index in [1.54, 1.807) is 25.2 Å². The number of fused-ring (bicyclic) bond motifs is 4. The fourth-order valence-corrected chi connectivity index (χ4v) is 11.4. The Morgan fingerprint density at radius 3 is 2.70 bits per heavy atom. The van der Waals surface area contributed by atoms with Crippen molar-refractivity contribution in [2.24, 2.45) is 22.1 Å². The molecule has 0 N–H and O–H groups in total. The van der Waals surface area contributed by atoms with Gasteiger partial charge in [-0.1, -0.05) is 36.7 Å². The Morgan fingerprint density at radius 1 is 1.12 bits per heavy atom. The molecule has 3 heterocycles. The van der Waals surface area contributed by atoms with Gasteiger partial charge >= 0.3 is 0 Å². The summed E-state index contributed by atoms with van der Waals surface area (Å²) in [5.74, 6) is 0.434. The summed E-state index contributed by atoms with van der Waals surface area (Å²) in [5, 5.41) is 0.748. The molecule has 0 unspecified atom stereocenters. The lowest BCUT2D eigenvalue weighted by Crippen LogP contribution is -2.62. The van der Waals surface area contributed by atoms with Crippen LogP contribution >= 0.6 is 11.6 Å². The van der Waals surface area contributed by atoms with Crippen molar-refractivity contribution in [2.75, 3.05) is 56.9 Å². The summed E-state index contributed by atoms with van der Waals surface area (Å²) in [4.78, 5) is 31.6. The van der Waals surface area contributed by atoms with Crippen LogP contribution in [0.5, 0.6) is 5.75 Å². The Balaban J connectivity index is 1.28. The minimum absolute atomic E-state index is 0.0340. The van der Waals surface area contributed by atoms with Gasteiger partial charge in [0.2, 0.25) is 5.91 Å². The molecule has 270 valence electrons. The number of allylic oxidation sites excluding steroid dienone is 1. The lowest BCUT2D eigenvalue weighted by molar-refractivity contribution is -0.148. The van der Waals surface area contributed by atoms with Gasteiger partial charge in [0.1, 0.15) is 11.5 Å². The second kappa shape index (κ2) is 14.2. The molecule has 0 aromatic heterocycles. The van der Waals surface area contributed by atoms with Gasteiger partial charge in [-0.2, -0.15) is 4.36 Å². The minimum Gasteiger partial charge on any atom is -0.490 e. The highest BCUT2D eigenvalue weighted by molar-refractivity contribution is 7.94. The molecular weight excluding hydrogens is 674 g/mol. The molecule has 2 amide bonds. The zero-order valence-electron chi connectivity index (χ0n) is 29.6. The number of carbonyl (C=O) groups excluding carboxylic acids is 2. The maximum atomic E-state index is 14.6. The van der Waals surface area contributed by atoms with E-state index in [2.05, 4.69) is 33.5 Å². The number of carbonyl (C=O) groups is 2. The largest absolute Gasteiger partial charge is 0.490 e. The van der Waals surface area contributed by atoms with E-state index in [1.807, 2.05) is 32.0 Å². The summed E-state index contributed by atoms with van der Waals surface area (Å²) >= 11 is 6.46. The van der Waals surface area contributed by atoms with Crippen LogP contribution in [0.3, 0.4) is 0 Å². The topological polar surface area (TPSA) is 97.7 Å². The van der Waals surface area contributed by atoms with Gasteiger partial charge in [-0.3, -0.25) is 9.59 Å². The predicted molar refractivity (Wildman–Crippen MR) is 197 cm³/mol. The van der Waals surface area contributed by atoms with E-state index in [1.165, 1.54) is 11.1 Å². The Labute approximate surface area is 301 Å². The van der Waals surface area contributed by atoms with Gasteiger partial charge in [0.25, 0.3) is 5.91 Å². The Kier molecular flexibility index (Phi) is 10.1. The normalized spacial score (nSPS) is 34.6. The molecule has 8 atom stereocenters. The van der Waals surface area contributed by atoms with E-state index in [0.717, 1.165) is 61.7 Å². The zero-order valence-corrected chi connectivity index (χ0v) is 31.2. The van der Waals surface area contributed by atoms with E-state index >= 15 is 0 Å². The summed E-state index contributed by atoms with van der Waals surface area (Å²) in [5.41, 5.74) is 3.52. The average Bonchev–Trinajstić information content (AvgIpc) is 3.21.